The lowest BCUT2D eigenvalue weighted by atomic mass is 10.0. The zero-order valence-corrected chi connectivity index (χ0v) is 15.4. The van der Waals surface area contributed by atoms with E-state index in [1.54, 1.807) is 11.5 Å². The minimum atomic E-state index is -1.34. The molecule has 2 aliphatic rings. The second-order valence-electron chi connectivity index (χ2n) is 7.05. The molecule has 1 aromatic heterocycles. The summed E-state index contributed by atoms with van der Waals surface area (Å²) in [6.07, 6.45) is 2.74. The summed E-state index contributed by atoms with van der Waals surface area (Å²) < 4.78 is 22.7. The Morgan fingerprint density at radius 3 is 2.52 bits per heavy atom. The van der Waals surface area contributed by atoms with Crippen molar-refractivity contribution in [1.82, 2.24) is 9.47 Å². The summed E-state index contributed by atoms with van der Waals surface area (Å²) >= 11 is 0. The van der Waals surface area contributed by atoms with E-state index in [-0.39, 0.29) is 16.7 Å². The molecule has 0 aliphatic carbocycles. The molecule has 0 radical (unpaired) electrons. The fraction of sp³-hybridized carbons (Fsp3) is 0.368. The van der Waals surface area contributed by atoms with Gasteiger partial charge in [-0.15, -0.1) is 0 Å². The number of aryl methyl sites for hydroxylation is 1. The van der Waals surface area contributed by atoms with Gasteiger partial charge in [0.2, 0.25) is 5.43 Å². The molecule has 2 aromatic rings. The van der Waals surface area contributed by atoms with E-state index >= 15 is 4.39 Å². The normalized spacial score (nSPS) is 17.0. The second-order valence-corrected chi connectivity index (χ2v) is 7.05. The van der Waals surface area contributed by atoms with Gasteiger partial charge in [-0.3, -0.25) is 4.79 Å². The van der Waals surface area contributed by atoms with E-state index in [0.717, 1.165) is 13.1 Å². The van der Waals surface area contributed by atoms with E-state index in [0.29, 0.717) is 30.0 Å². The minimum absolute atomic E-state index is 0.0488. The standard InChI is InChI=1S/C19H20FN3O4/c1-10-9-27-18-15-13(17(24)12(19(25)26)8-23(10)15)11(2)14(20)16(18)22-6-4-21(3)5-7-22/h8-9H,4-7H2,1-3H3,(H,25,26). The van der Waals surface area contributed by atoms with Crippen LogP contribution in [0.1, 0.15) is 22.8 Å². The van der Waals surface area contributed by atoms with Crippen LogP contribution in [0, 0.1) is 12.7 Å². The van der Waals surface area contributed by atoms with Crippen LogP contribution in [-0.2, 0) is 0 Å². The topological polar surface area (TPSA) is 75.0 Å². The monoisotopic (exact) mass is 373 g/mol. The number of nitrogens with zero attached hydrogens (tertiary/aromatic N) is 3. The lowest BCUT2D eigenvalue weighted by Gasteiger charge is -2.36. The fourth-order valence-corrected chi connectivity index (χ4v) is 3.74. The number of allylic oxidation sites excluding steroid dienone is 1. The van der Waals surface area contributed by atoms with Crippen molar-refractivity contribution in [2.45, 2.75) is 13.8 Å². The van der Waals surface area contributed by atoms with Crippen LogP contribution in [0.4, 0.5) is 10.1 Å². The van der Waals surface area contributed by atoms with Crippen molar-refractivity contribution in [1.29, 1.82) is 0 Å². The van der Waals surface area contributed by atoms with Crippen LogP contribution in [0.2, 0.25) is 0 Å². The zero-order valence-electron chi connectivity index (χ0n) is 15.4. The minimum Gasteiger partial charge on any atom is -0.477 e. The maximum atomic E-state index is 15.4. The molecule has 0 amide bonds. The molecule has 0 bridgehead atoms. The van der Waals surface area contributed by atoms with Crippen LogP contribution in [0.3, 0.4) is 0 Å². The van der Waals surface area contributed by atoms with Gasteiger partial charge in [-0.2, -0.15) is 0 Å². The molecule has 1 fully saturated rings. The van der Waals surface area contributed by atoms with Crippen molar-refractivity contribution < 1.29 is 19.0 Å². The summed E-state index contributed by atoms with van der Waals surface area (Å²) in [6, 6.07) is 0. The van der Waals surface area contributed by atoms with Gasteiger partial charge < -0.3 is 24.2 Å². The first-order valence-corrected chi connectivity index (χ1v) is 8.73. The Labute approximate surface area is 154 Å². The summed E-state index contributed by atoms with van der Waals surface area (Å²) in [4.78, 5) is 28.4. The average Bonchev–Trinajstić information content (AvgIpc) is 2.63. The lowest BCUT2D eigenvalue weighted by molar-refractivity contribution is 0.0695. The lowest BCUT2D eigenvalue weighted by Crippen LogP contribution is -2.45. The van der Waals surface area contributed by atoms with Crippen molar-refractivity contribution in [2.75, 3.05) is 38.1 Å². The highest BCUT2D eigenvalue weighted by Crippen LogP contribution is 2.43. The van der Waals surface area contributed by atoms with Crippen LogP contribution in [0.15, 0.2) is 17.3 Å². The van der Waals surface area contributed by atoms with E-state index in [2.05, 4.69) is 4.90 Å². The summed E-state index contributed by atoms with van der Waals surface area (Å²) in [7, 11) is 2.01. The molecule has 0 atom stereocenters. The van der Waals surface area contributed by atoms with Crippen LogP contribution in [-0.4, -0.2) is 53.8 Å². The zero-order chi connectivity index (χ0) is 19.5. The van der Waals surface area contributed by atoms with Crippen molar-refractivity contribution in [3.05, 3.63) is 39.6 Å². The number of pyridine rings is 1. The van der Waals surface area contributed by atoms with Gasteiger partial charge in [-0.1, -0.05) is 0 Å². The number of hydrogen-bond donors (Lipinski definition) is 1. The Morgan fingerprint density at radius 1 is 1.22 bits per heavy atom. The number of benzene rings is 1. The third-order valence-corrected chi connectivity index (χ3v) is 5.33. The number of likely N-dealkylation sites (N-methyl/N-ethyl adjacent to an activating group) is 1. The van der Waals surface area contributed by atoms with Crippen LogP contribution >= 0.6 is 0 Å². The molecule has 0 saturated carbocycles. The highest BCUT2D eigenvalue weighted by Gasteiger charge is 2.31. The quantitative estimate of drug-likeness (QED) is 0.869. The number of anilines is 1. The molecule has 8 heteroatoms. The summed E-state index contributed by atoms with van der Waals surface area (Å²) in [6.45, 7) is 6.10. The summed E-state index contributed by atoms with van der Waals surface area (Å²) in [5, 5.41) is 9.44. The summed E-state index contributed by atoms with van der Waals surface area (Å²) in [5.74, 6) is -1.62. The van der Waals surface area contributed by atoms with Crippen molar-refractivity contribution in [3.8, 4) is 5.75 Å². The van der Waals surface area contributed by atoms with Gasteiger partial charge in [-0.25, -0.2) is 9.18 Å². The third kappa shape index (κ3) is 2.51. The van der Waals surface area contributed by atoms with Crippen LogP contribution < -0.4 is 15.1 Å². The van der Waals surface area contributed by atoms with E-state index in [4.69, 9.17) is 4.74 Å². The average molecular weight is 373 g/mol. The highest BCUT2D eigenvalue weighted by molar-refractivity contribution is 6.00. The van der Waals surface area contributed by atoms with E-state index in [9.17, 15) is 14.7 Å². The number of aromatic nitrogens is 1. The molecular weight excluding hydrogens is 353 g/mol. The fourth-order valence-electron chi connectivity index (χ4n) is 3.74. The molecule has 2 aliphatic heterocycles. The first-order valence-electron chi connectivity index (χ1n) is 8.73. The molecule has 0 spiro atoms. The molecule has 0 unspecified atom stereocenters. The number of carboxylic acids is 1. The largest absolute Gasteiger partial charge is 0.477 e. The van der Waals surface area contributed by atoms with E-state index < -0.39 is 22.8 Å². The first-order chi connectivity index (χ1) is 12.8. The molecule has 1 aromatic carbocycles. The molecule has 1 saturated heterocycles. The maximum Gasteiger partial charge on any atom is 0.341 e. The SMILES string of the molecule is CC1=COc2c(N3CCN(C)CC3)c(F)c(C)c3c(=O)c(C(=O)O)cn1c23. The summed E-state index contributed by atoms with van der Waals surface area (Å²) in [5.41, 5.74) is 0.409. The van der Waals surface area contributed by atoms with E-state index in [1.165, 1.54) is 19.4 Å². The first kappa shape index (κ1) is 17.5. The smallest absolute Gasteiger partial charge is 0.341 e. The Balaban J connectivity index is 2.08. The Kier molecular flexibility index (Phi) is 3.96. The number of halogens is 1. The van der Waals surface area contributed by atoms with Gasteiger partial charge in [0, 0.05) is 37.9 Å². The Bertz CT molecular complexity index is 1070. The second kappa shape index (κ2) is 6.09. The molecule has 27 heavy (non-hydrogen) atoms. The third-order valence-electron chi connectivity index (χ3n) is 5.33. The number of aromatic carboxylic acids is 1. The molecule has 7 nitrogen and oxygen atoms in total. The predicted molar refractivity (Wildman–Crippen MR) is 100 cm³/mol. The molecule has 142 valence electrons. The van der Waals surface area contributed by atoms with Crippen molar-refractivity contribution in [2.24, 2.45) is 0 Å². The predicted octanol–water partition coefficient (Wildman–Crippen LogP) is 2.11. The van der Waals surface area contributed by atoms with Gasteiger partial charge in [0.1, 0.15) is 23.0 Å². The highest BCUT2D eigenvalue weighted by atomic mass is 19.1. The van der Waals surface area contributed by atoms with Gasteiger partial charge in [-0.05, 0) is 20.9 Å². The number of hydrogen-bond acceptors (Lipinski definition) is 5. The molecule has 4 rings (SSSR count). The number of carboxylic acid groups (broad SMARTS) is 1. The van der Waals surface area contributed by atoms with E-state index in [1.807, 2.05) is 11.9 Å². The number of rotatable bonds is 2. The van der Waals surface area contributed by atoms with Crippen molar-refractivity contribution >= 4 is 28.3 Å². The number of piperazine rings is 1. The van der Waals surface area contributed by atoms with Crippen molar-refractivity contribution in [3.63, 3.8) is 0 Å². The van der Waals surface area contributed by atoms with Gasteiger partial charge in [0.05, 0.1) is 11.1 Å². The molecular formula is C19H20FN3O4. The van der Waals surface area contributed by atoms with Gasteiger partial charge in [0.15, 0.2) is 11.6 Å². The van der Waals surface area contributed by atoms with Crippen LogP contribution in [0.5, 0.6) is 5.75 Å². The van der Waals surface area contributed by atoms with Crippen LogP contribution in [0.25, 0.3) is 16.6 Å². The Hall–Kier alpha value is -2.87. The maximum absolute atomic E-state index is 15.4. The Morgan fingerprint density at radius 2 is 1.89 bits per heavy atom. The molecule has 1 N–H and O–H groups in total. The number of carbonyl (C=O) groups is 1. The van der Waals surface area contributed by atoms with Gasteiger partial charge in [0.25, 0.3) is 0 Å². The van der Waals surface area contributed by atoms with Gasteiger partial charge >= 0.3 is 5.97 Å². The number of ether oxygens (including phenoxy) is 1. The molecule has 3 heterocycles.